The van der Waals surface area contributed by atoms with Gasteiger partial charge in [-0.15, -0.1) is 0 Å². The molecule has 0 rings (SSSR count). The Bertz CT molecular complexity index is 167. The molecule has 0 amide bonds. The van der Waals surface area contributed by atoms with Crippen LogP contribution < -0.4 is 0 Å². The summed E-state index contributed by atoms with van der Waals surface area (Å²) in [5.41, 5.74) is 0. The van der Waals surface area contributed by atoms with Gasteiger partial charge in [-0.05, 0) is 13.8 Å². The molecule has 0 heterocycles. The van der Waals surface area contributed by atoms with Crippen molar-refractivity contribution in [3.63, 3.8) is 0 Å². The van der Waals surface area contributed by atoms with Crippen molar-refractivity contribution in [2.45, 2.75) is 26.1 Å². The van der Waals surface area contributed by atoms with Crippen molar-refractivity contribution >= 4 is 0 Å². The highest BCUT2D eigenvalue weighted by atomic mass is 16.5. The van der Waals surface area contributed by atoms with E-state index in [9.17, 15) is 0 Å². The SMILES string of the molecule is COC(C)/C=C/COC/C=C/C(C)OC. The van der Waals surface area contributed by atoms with Gasteiger partial charge in [-0.2, -0.15) is 0 Å². The fourth-order valence-electron chi connectivity index (χ4n) is 0.856. The summed E-state index contributed by atoms with van der Waals surface area (Å²) in [5, 5.41) is 0. The van der Waals surface area contributed by atoms with Crippen LogP contribution in [0.25, 0.3) is 0 Å². The van der Waals surface area contributed by atoms with E-state index in [0.717, 1.165) is 0 Å². The van der Waals surface area contributed by atoms with E-state index in [1.807, 2.05) is 38.2 Å². The third-order valence-corrected chi connectivity index (χ3v) is 1.99. The zero-order valence-corrected chi connectivity index (χ0v) is 10.1. The Morgan fingerprint density at radius 3 is 1.60 bits per heavy atom. The lowest BCUT2D eigenvalue weighted by atomic mass is 10.3. The second-order valence-electron chi connectivity index (χ2n) is 3.28. The summed E-state index contributed by atoms with van der Waals surface area (Å²) < 4.78 is 15.4. The predicted molar refractivity (Wildman–Crippen MR) is 62.0 cm³/mol. The molecule has 0 aliphatic carbocycles. The summed E-state index contributed by atoms with van der Waals surface area (Å²) in [6.07, 6.45) is 8.17. The number of hydrogen-bond acceptors (Lipinski definition) is 3. The van der Waals surface area contributed by atoms with Gasteiger partial charge in [0.1, 0.15) is 0 Å². The van der Waals surface area contributed by atoms with Gasteiger partial charge in [0.25, 0.3) is 0 Å². The van der Waals surface area contributed by atoms with Crippen LogP contribution in [0.1, 0.15) is 13.8 Å². The van der Waals surface area contributed by atoms with Crippen molar-refractivity contribution in [1.29, 1.82) is 0 Å². The van der Waals surface area contributed by atoms with E-state index in [1.54, 1.807) is 14.2 Å². The monoisotopic (exact) mass is 214 g/mol. The van der Waals surface area contributed by atoms with Gasteiger partial charge in [-0.3, -0.25) is 0 Å². The smallest absolute Gasteiger partial charge is 0.0724 e. The van der Waals surface area contributed by atoms with E-state index in [-0.39, 0.29) is 12.2 Å². The molecule has 0 saturated heterocycles. The summed E-state index contributed by atoms with van der Waals surface area (Å²) in [4.78, 5) is 0. The molecule has 0 saturated carbocycles. The topological polar surface area (TPSA) is 27.7 Å². The minimum Gasteiger partial charge on any atom is -0.378 e. The summed E-state index contributed by atoms with van der Waals surface area (Å²) in [7, 11) is 3.37. The third-order valence-electron chi connectivity index (χ3n) is 1.99. The molecular formula is C12H22O3. The highest BCUT2D eigenvalue weighted by Crippen LogP contribution is 1.91. The molecule has 0 N–H and O–H groups in total. The molecule has 2 atom stereocenters. The Morgan fingerprint density at radius 2 is 1.27 bits per heavy atom. The zero-order chi connectivity index (χ0) is 11.5. The van der Waals surface area contributed by atoms with Crippen LogP contribution in [0.3, 0.4) is 0 Å². The summed E-state index contributed by atoms with van der Waals surface area (Å²) in [6.45, 7) is 5.19. The first-order valence-electron chi connectivity index (χ1n) is 5.17. The molecule has 3 heteroatoms. The molecule has 0 bridgehead atoms. The van der Waals surface area contributed by atoms with Crippen molar-refractivity contribution in [1.82, 2.24) is 0 Å². The van der Waals surface area contributed by atoms with Gasteiger partial charge in [0, 0.05) is 14.2 Å². The highest BCUT2D eigenvalue weighted by molar-refractivity contribution is 4.89. The van der Waals surface area contributed by atoms with E-state index < -0.39 is 0 Å². The minimum atomic E-state index is 0.151. The summed E-state index contributed by atoms with van der Waals surface area (Å²) in [5.74, 6) is 0. The number of methoxy groups -OCH3 is 2. The van der Waals surface area contributed by atoms with Crippen molar-refractivity contribution in [3.05, 3.63) is 24.3 Å². The van der Waals surface area contributed by atoms with Gasteiger partial charge in [0.05, 0.1) is 25.4 Å². The van der Waals surface area contributed by atoms with Gasteiger partial charge in [0.15, 0.2) is 0 Å². The van der Waals surface area contributed by atoms with Crippen LogP contribution >= 0.6 is 0 Å². The molecule has 0 aromatic carbocycles. The fourth-order valence-corrected chi connectivity index (χ4v) is 0.856. The van der Waals surface area contributed by atoms with Gasteiger partial charge in [-0.25, -0.2) is 0 Å². The van der Waals surface area contributed by atoms with Crippen LogP contribution in [0.5, 0.6) is 0 Å². The quantitative estimate of drug-likeness (QED) is 0.458. The Balaban J connectivity index is 3.39. The maximum absolute atomic E-state index is 5.34. The van der Waals surface area contributed by atoms with Crippen molar-refractivity contribution in [2.75, 3.05) is 27.4 Å². The van der Waals surface area contributed by atoms with Crippen LogP contribution in [0.4, 0.5) is 0 Å². The van der Waals surface area contributed by atoms with E-state index >= 15 is 0 Å². The number of hydrogen-bond donors (Lipinski definition) is 0. The Labute approximate surface area is 92.7 Å². The van der Waals surface area contributed by atoms with Crippen LogP contribution in [0.2, 0.25) is 0 Å². The molecule has 15 heavy (non-hydrogen) atoms. The highest BCUT2D eigenvalue weighted by Gasteiger charge is 1.90. The van der Waals surface area contributed by atoms with Crippen LogP contribution in [-0.2, 0) is 14.2 Å². The zero-order valence-electron chi connectivity index (χ0n) is 10.1. The van der Waals surface area contributed by atoms with Crippen molar-refractivity contribution in [3.8, 4) is 0 Å². The molecule has 3 nitrogen and oxygen atoms in total. The lowest BCUT2D eigenvalue weighted by Crippen LogP contribution is -2.01. The molecule has 88 valence electrons. The molecule has 0 aromatic rings. The third kappa shape index (κ3) is 9.66. The largest absolute Gasteiger partial charge is 0.378 e. The average Bonchev–Trinajstić information content (AvgIpc) is 2.26. The second kappa shape index (κ2) is 9.90. The van der Waals surface area contributed by atoms with Crippen molar-refractivity contribution < 1.29 is 14.2 Å². The van der Waals surface area contributed by atoms with Gasteiger partial charge in [0.2, 0.25) is 0 Å². The van der Waals surface area contributed by atoms with E-state index in [0.29, 0.717) is 13.2 Å². The molecule has 2 unspecified atom stereocenters. The Morgan fingerprint density at radius 1 is 0.867 bits per heavy atom. The molecule has 0 spiro atoms. The van der Waals surface area contributed by atoms with Crippen molar-refractivity contribution in [2.24, 2.45) is 0 Å². The predicted octanol–water partition coefficient (Wildman–Crippen LogP) is 2.19. The number of ether oxygens (including phenoxy) is 3. The van der Waals surface area contributed by atoms with Gasteiger partial charge < -0.3 is 14.2 Å². The minimum absolute atomic E-state index is 0.151. The average molecular weight is 214 g/mol. The molecule has 0 radical (unpaired) electrons. The van der Waals surface area contributed by atoms with E-state index in [2.05, 4.69) is 0 Å². The lowest BCUT2D eigenvalue weighted by Gasteiger charge is -2.02. The lowest BCUT2D eigenvalue weighted by molar-refractivity contribution is 0.151. The summed E-state index contributed by atoms with van der Waals surface area (Å²) in [6, 6.07) is 0. The van der Waals surface area contributed by atoms with Gasteiger partial charge >= 0.3 is 0 Å². The number of rotatable bonds is 8. The Hall–Kier alpha value is -0.640. The normalized spacial score (nSPS) is 16.3. The second-order valence-corrected chi connectivity index (χ2v) is 3.28. The molecule has 0 aliphatic heterocycles. The fraction of sp³-hybridized carbons (Fsp3) is 0.667. The summed E-state index contributed by atoms with van der Waals surface area (Å²) >= 11 is 0. The molecular weight excluding hydrogens is 192 g/mol. The van der Waals surface area contributed by atoms with Crippen LogP contribution in [0.15, 0.2) is 24.3 Å². The maximum Gasteiger partial charge on any atom is 0.0724 e. The first-order chi connectivity index (χ1) is 7.20. The van der Waals surface area contributed by atoms with Crippen LogP contribution in [0, 0.1) is 0 Å². The van der Waals surface area contributed by atoms with Crippen LogP contribution in [-0.4, -0.2) is 39.6 Å². The standard InChI is InChI=1S/C12H22O3/c1-11(13-3)7-5-9-15-10-6-8-12(2)14-4/h5-8,11-12H,9-10H2,1-4H3/b7-5+,8-6+. The molecule has 0 fully saturated rings. The Kier molecular flexibility index (Phi) is 9.48. The maximum atomic E-state index is 5.34. The van der Waals surface area contributed by atoms with Gasteiger partial charge in [-0.1, -0.05) is 24.3 Å². The van der Waals surface area contributed by atoms with E-state index in [4.69, 9.17) is 14.2 Å². The molecule has 0 aliphatic rings. The first kappa shape index (κ1) is 14.4. The molecule has 0 aromatic heterocycles. The van der Waals surface area contributed by atoms with E-state index in [1.165, 1.54) is 0 Å². The first-order valence-corrected chi connectivity index (χ1v) is 5.17.